The number of carbonyl (C=O) groups is 1. The summed E-state index contributed by atoms with van der Waals surface area (Å²) in [6, 6.07) is 1.83. The van der Waals surface area contributed by atoms with Gasteiger partial charge in [0, 0.05) is 16.7 Å². The molecule has 1 heterocycles. The first kappa shape index (κ1) is 15.4. The molecule has 0 saturated heterocycles. The van der Waals surface area contributed by atoms with Crippen LogP contribution in [-0.4, -0.2) is 16.5 Å². The third-order valence-electron chi connectivity index (χ3n) is 2.67. The van der Waals surface area contributed by atoms with E-state index in [1.807, 2.05) is 13.8 Å². The Morgan fingerprint density at radius 3 is 2.56 bits per heavy atom. The Morgan fingerprint density at radius 1 is 1.39 bits per heavy atom. The SMILES string of the molecule is CCC(CC)NC(=O)Cn1cc(Br)cc(Br)c1=O. The lowest BCUT2D eigenvalue weighted by molar-refractivity contribution is -0.122. The fourth-order valence-electron chi connectivity index (χ4n) is 1.60. The smallest absolute Gasteiger partial charge is 0.265 e. The fourth-order valence-corrected chi connectivity index (χ4v) is 2.86. The molecular weight excluding hydrogens is 364 g/mol. The predicted molar refractivity (Wildman–Crippen MR) is 78.6 cm³/mol. The molecular formula is C12H16Br2N2O2. The van der Waals surface area contributed by atoms with Gasteiger partial charge in [0.2, 0.25) is 5.91 Å². The van der Waals surface area contributed by atoms with Gasteiger partial charge in [0.05, 0.1) is 4.47 Å². The Morgan fingerprint density at radius 2 is 2.00 bits per heavy atom. The van der Waals surface area contributed by atoms with Crippen LogP contribution in [0.2, 0.25) is 0 Å². The Bertz CT molecular complexity index is 481. The highest BCUT2D eigenvalue weighted by atomic mass is 79.9. The second-order valence-corrected chi connectivity index (χ2v) is 5.79. The van der Waals surface area contributed by atoms with E-state index in [0.29, 0.717) is 4.47 Å². The predicted octanol–water partition coefficient (Wildman–Crippen LogP) is 2.68. The summed E-state index contributed by atoms with van der Waals surface area (Å²) in [7, 11) is 0. The molecule has 1 rings (SSSR count). The maximum atomic E-state index is 11.8. The van der Waals surface area contributed by atoms with Gasteiger partial charge >= 0.3 is 0 Å². The number of rotatable bonds is 5. The van der Waals surface area contributed by atoms with Crippen molar-refractivity contribution >= 4 is 37.8 Å². The lowest BCUT2D eigenvalue weighted by atomic mass is 10.2. The zero-order valence-corrected chi connectivity index (χ0v) is 13.5. The molecule has 0 aliphatic carbocycles. The minimum atomic E-state index is -0.210. The van der Waals surface area contributed by atoms with Gasteiger partial charge in [-0.1, -0.05) is 13.8 Å². The molecule has 1 N–H and O–H groups in total. The van der Waals surface area contributed by atoms with Crippen molar-refractivity contribution in [2.75, 3.05) is 0 Å². The van der Waals surface area contributed by atoms with Gasteiger partial charge in [0.25, 0.3) is 5.56 Å². The van der Waals surface area contributed by atoms with Crippen molar-refractivity contribution in [2.24, 2.45) is 0 Å². The molecule has 100 valence electrons. The normalized spacial score (nSPS) is 10.7. The summed E-state index contributed by atoms with van der Waals surface area (Å²) in [5.41, 5.74) is -0.210. The molecule has 1 amide bonds. The summed E-state index contributed by atoms with van der Waals surface area (Å²) in [6.45, 7) is 4.08. The quantitative estimate of drug-likeness (QED) is 0.854. The summed E-state index contributed by atoms with van der Waals surface area (Å²) in [6.07, 6.45) is 3.39. The summed E-state index contributed by atoms with van der Waals surface area (Å²) in [5, 5.41) is 2.90. The fraction of sp³-hybridized carbons (Fsp3) is 0.500. The maximum absolute atomic E-state index is 11.8. The zero-order valence-electron chi connectivity index (χ0n) is 10.4. The first-order chi connectivity index (χ1) is 8.47. The highest BCUT2D eigenvalue weighted by molar-refractivity contribution is 9.11. The highest BCUT2D eigenvalue weighted by Gasteiger charge is 2.11. The van der Waals surface area contributed by atoms with Gasteiger partial charge in [0.1, 0.15) is 6.54 Å². The summed E-state index contributed by atoms with van der Waals surface area (Å²) < 4.78 is 2.57. The van der Waals surface area contributed by atoms with Crippen LogP contribution in [0.15, 0.2) is 26.0 Å². The van der Waals surface area contributed by atoms with E-state index >= 15 is 0 Å². The van der Waals surface area contributed by atoms with Gasteiger partial charge in [-0.15, -0.1) is 0 Å². The van der Waals surface area contributed by atoms with Crippen molar-refractivity contribution in [1.82, 2.24) is 9.88 Å². The minimum absolute atomic E-state index is 0.0351. The number of halogens is 2. The first-order valence-electron chi connectivity index (χ1n) is 5.82. The van der Waals surface area contributed by atoms with Gasteiger partial charge in [0.15, 0.2) is 0 Å². The molecule has 6 heteroatoms. The van der Waals surface area contributed by atoms with Crippen molar-refractivity contribution in [1.29, 1.82) is 0 Å². The van der Waals surface area contributed by atoms with Crippen LogP contribution in [0.1, 0.15) is 26.7 Å². The largest absolute Gasteiger partial charge is 0.352 e. The Labute approximate surface area is 123 Å². The van der Waals surface area contributed by atoms with Crippen molar-refractivity contribution < 1.29 is 4.79 Å². The van der Waals surface area contributed by atoms with Crippen LogP contribution in [0, 0.1) is 0 Å². The summed E-state index contributed by atoms with van der Waals surface area (Å²) in [5.74, 6) is -0.143. The highest BCUT2D eigenvalue weighted by Crippen LogP contribution is 2.12. The molecule has 0 aliphatic heterocycles. The van der Waals surface area contributed by atoms with Crippen LogP contribution in [0.25, 0.3) is 0 Å². The molecule has 0 spiro atoms. The Kier molecular flexibility index (Phi) is 6.08. The van der Waals surface area contributed by atoms with Crippen molar-refractivity contribution in [3.8, 4) is 0 Å². The average molecular weight is 380 g/mol. The zero-order chi connectivity index (χ0) is 13.7. The van der Waals surface area contributed by atoms with E-state index in [2.05, 4.69) is 37.2 Å². The number of aromatic nitrogens is 1. The molecule has 4 nitrogen and oxygen atoms in total. The number of nitrogens with zero attached hydrogens (tertiary/aromatic N) is 1. The van der Waals surface area contributed by atoms with E-state index < -0.39 is 0 Å². The first-order valence-corrected chi connectivity index (χ1v) is 7.41. The van der Waals surface area contributed by atoms with E-state index in [4.69, 9.17) is 0 Å². The van der Waals surface area contributed by atoms with Crippen LogP contribution in [0.4, 0.5) is 0 Å². The molecule has 0 aromatic carbocycles. The third-order valence-corrected chi connectivity index (χ3v) is 3.68. The Balaban J connectivity index is 2.79. The van der Waals surface area contributed by atoms with Gasteiger partial charge in [-0.3, -0.25) is 9.59 Å². The molecule has 0 bridgehead atoms. The van der Waals surface area contributed by atoms with Crippen LogP contribution in [0.5, 0.6) is 0 Å². The second kappa shape index (κ2) is 7.09. The second-order valence-electron chi connectivity index (χ2n) is 4.02. The summed E-state index contributed by atoms with van der Waals surface area (Å²) >= 11 is 6.46. The van der Waals surface area contributed by atoms with Gasteiger partial charge in [-0.25, -0.2) is 0 Å². The molecule has 0 radical (unpaired) electrons. The number of hydrogen-bond acceptors (Lipinski definition) is 2. The molecule has 0 saturated carbocycles. The van der Waals surface area contributed by atoms with Crippen LogP contribution >= 0.6 is 31.9 Å². The molecule has 0 unspecified atom stereocenters. The standard InChI is InChI=1S/C12H16Br2N2O2/c1-3-9(4-2)15-11(17)7-16-6-8(13)5-10(14)12(16)18/h5-6,9H,3-4,7H2,1-2H3,(H,15,17). The van der Waals surface area contributed by atoms with Crippen LogP contribution in [0.3, 0.4) is 0 Å². The lowest BCUT2D eigenvalue weighted by Gasteiger charge is -2.15. The van der Waals surface area contributed by atoms with E-state index in [1.165, 1.54) is 4.57 Å². The monoisotopic (exact) mass is 378 g/mol. The average Bonchev–Trinajstić information content (AvgIpc) is 2.32. The molecule has 1 aromatic rings. The lowest BCUT2D eigenvalue weighted by Crippen LogP contribution is -2.38. The maximum Gasteiger partial charge on any atom is 0.265 e. The molecule has 0 atom stereocenters. The number of pyridine rings is 1. The molecule has 0 fully saturated rings. The van der Waals surface area contributed by atoms with Crippen LogP contribution in [-0.2, 0) is 11.3 Å². The Hall–Kier alpha value is -0.620. The van der Waals surface area contributed by atoms with E-state index in [1.54, 1.807) is 12.3 Å². The van der Waals surface area contributed by atoms with Crippen molar-refractivity contribution in [2.45, 2.75) is 39.3 Å². The number of amides is 1. The number of nitrogens with one attached hydrogen (secondary N) is 1. The van der Waals surface area contributed by atoms with Crippen molar-refractivity contribution in [3.63, 3.8) is 0 Å². The summed E-state index contributed by atoms with van der Waals surface area (Å²) in [4.78, 5) is 23.6. The topological polar surface area (TPSA) is 51.1 Å². The van der Waals surface area contributed by atoms with Gasteiger partial charge in [-0.2, -0.15) is 0 Å². The van der Waals surface area contributed by atoms with Crippen molar-refractivity contribution in [3.05, 3.63) is 31.6 Å². The van der Waals surface area contributed by atoms with Gasteiger partial charge in [-0.05, 0) is 50.8 Å². The van der Waals surface area contributed by atoms with E-state index in [9.17, 15) is 9.59 Å². The van der Waals surface area contributed by atoms with E-state index in [0.717, 1.165) is 17.3 Å². The minimum Gasteiger partial charge on any atom is -0.352 e. The molecule has 0 aliphatic rings. The van der Waals surface area contributed by atoms with Crippen LogP contribution < -0.4 is 10.9 Å². The van der Waals surface area contributed by atoms with Gasteiger partial charge < -0.3 is 9.88 Å². The van der Waals surface area contributed by atoms with E-state index in [-0.39, 0.29) is 24.1 Å². The molecule has 18 heavy (non-hydrogen) atoms. The third kappa shape index (κ3) is 4.24. The molecule has 1 aromatic heterocycles. The number of carbonyl (C=O) groups excluding carboxylic acids is 1. The number of hydrogen-bond donors (Lipinski definition) is 1.